The van der Waals surface area contributed by atoms with Crippen LogP contribution in [-0.4, -0.2) is 45.5 Å². The summed E-state index contributed by atoms with van der Waals surface area (Å²) in [6, 6.07) is 13.9. The Kier molecular flexibility index (Phi) is 5.65. The smallest absolute Gasteiger partial charge is 0.413 e. The number of fused-ring (bicyclic) bond motifs is 1. The molecule has 2 aromatic carbocycles. The van der Waals surface area contributed by atoms with E-state index in [9.17, 15) is 9.59 Å². The first-order chi connectivity index (χ1) is 13.1. The van der Waals surface area contributed by atoms with Gasteiger partial charge in [0.25, 0.3) is 0 Å². The minimum atomic E-state index is -0.468. The van der Waals surface area contributed by atoms with Crippen molar-refractivity contribution in [3.63, 3.8) is 0 Å². The summed E-state index contributed by atoms with van der Waals surface area (Å²) in [5.74, 6) is 1.37. The second-order valence-electron chi connectivity index (χ2n) is 5.91. The summed E-state index contributed by atoms with van der Waals surface area (Å²) in [5.41, 5.74) is 1.25. The maximum absolute atomic E-state index is 12.1. The highest BCUT2D eigenvalue weighted by Crippen LogP contribution is 2.30. The van der Waals surface area contributed by atoms with E-state index in [1.165, 1.54) is 12.0 Å². The lowest BCUT2D eigenvalue weighted by atomic mass is 10.2. The predicted octanol–water partition coefficient (Wildman–Crippen LogP) is 2.85. The molecule has 2 aromatic rings. The molecule has 0 saturated carbocycles. The van der Waals surface area contributed by atoms with Crippen LogP contribution in [0.15, 0.2) is 48.5 Å². The standard InChI is InChI=1S/C19H21N3O5/c1-22(19(24)25-2)14-9-7-13(8-10-14)21-18(23)20-11-15-12-26-16-5-3-4-6-17(16)27-15/h3-10,15H,11-12H2,1-2H3,(H2,20,21,23)/t15-/m0/s1. The van der Waals surface area contributed by atoms with Crippen molar-refractivity contribution in [3.05, 3.63) is 48.5 Å². The number of hydrogen-bond acceptors (Lipinski definition) is 5. The Morgan fingerprint density at radius 3 is 2.56 bits per heavy atom. The molecular weight excluding hydrogens is 350 g/mol. The molecule has 1 atom stereocenters. The van der Waals surface area contributed by atoms with Crippen LogP contribution >= 0.6 is 0 Å². The summed E-state index contributed by atoms with van der Waals surface area (Å²) < 4.78 is 16.1. The van der Waals surface area contributed by atoms with Crippen LogP contribution in [0, 0.1) is 0 Å². The van der Waals surface area contributed by atoms with E-state index in [1.54, 1.807) is 31.3 Å². The van der Waals surface area contributed by atoms with Crippen molar-refractivity contribution in [2.45, 2.75) is 6.10 Å². The number of hydrogen-bond donors (Lipinski definition) is 2. The molecule has 1 aliphatic rings. The van der Waals surface area contributed by atoms with E-state index >= 15 is 0 Å². The van der Waals surface area contributed by atoms with E-state index in [1.807, 2.05) is 24.3 Å². The summed E-state index contributed by atoms with van der Waals surface area (Å²) >= 11 is 0. The van der Waals surface area contributed by atoms with Gasteiger partial charge in [-0.05, 0) is 36.4 Å². The van der Waals surface area contributed by atoms with Crippen LogP contribution in [0.1, 0.15) is 0 Å². The fraction of sp³-hybridized carbons (Fsp3) is 0.263. The van der Waals surface area contributed by atoms with Gasteiger partial charge in [0.05, 0.1) is 13.7 Å². The van der Waals surface area contributed by atoms with Crippen molar-refractivity contribution in [3.8, 4) is 11.5 Å². The van der Waals surface area contributed by atoms with Crippen LogP contribution < -0.4 is 25.0 Å². The minimum absolute atomic E-state index is 0.262. The lowest BCUT2D eigenvalue weighted by Crippen LogP contribution is -2.42. The minimum Gasteiger partial charge on any atom is -0.486 e. The van der Waals surface area contributed by atoms with Gasteiger partial charge in [0.2, 0.25) is 0 Å². The molecule has 0 aliphatic carbocycles. The molecule has 3 amide bonds. The number of ether oxygens (including phenoxy) is 3. The normalized spacial score (nSPS) is 14.8. The molecule has 0 spiro atoms. The van der Waals surface area contributed by atoms with Crippen molar-refractivity contribution < 1.29 is 23.8 Å². The highest BCUT2D eigenvalue weighted by molar-refractivity contribution is 5.90. The number of nitrogens with zero attached hydrogens (tertiary/aromatic N) is 1. The summed E-state index contributed by atoms with van der Waals surface area (Å²) in [5, 5.41) is 5.49. The molecule has 27 heavy (non-hydrogen) atoms. The summed E-state index contributed by atoms with van der Waals surface area (Å²) in [7, 11) is 2.92. The summed E-state index contributed by atoms with van der Waals surface area (Å²) in [6.07, 6.45) is -0.730. The molecule has 142 valence electrons. The molecule has 1 aliphatic heterocycles. The zero-order chi connectivity index (χ0) is 19.2. The molecule has 3 rings (SSSR count). The largest absolute Gasteiger partial charge is 0.486 e. The quantitative estimate of drug-likeness (QED) is 0.863. The van der Waals surface area contributed by atoms with E-state index in [0.29, 0.717) is 36.0 Å². The molecule has 0 unspecified atom stereocenters. The van der Waals surface area contributed by atoms with Crippen LogP contribution in [0.25, 0.3) is 0 Å². The first kappa shape index (κ1) is 18.4. The highest BCUT2D eigenvalue weighted by atomic mass is 16.6. The monoisotopic (exact) mass is 371 g/mol. The Hall–Kier alpha value is -3.42. The fourth-order valence-corrected chi connectivity index (χ4v) is 2.56. The number of amides is 3. The van der Waals surface area contributed by atoms with E-state index in [0.717, 1.165) is 0 Å². The Bertz CT molecular complexity index is 809. The molecule has 2 N–H and O–H groups in total. The lowest BCUT2D eigenvalue weighted by molar-refractivity contribution is 0.0922. The van der Waals surface area contributed by atoms with Crippen molar-refractivity contribution in [2.75, 3.05) is 37.5 Å². The van der Waals surface area contributed by atoms with Gasteiger partial charge in [0.15, 0.2) is 17.6 Å². The predicted molar refractivity (Wildman–Crippen MR) is 101 cm³/mol. The second kappa shape index (κ2) is 8.31. The molecule has 1 heterocycles. The van der Waals surface area contributed by atoms with E-state index in [2.05, 4.69) is 15.4 Å². The number of rotatable bonds is 4. The number of carbonyl (C=O) groups is 2. The summed E-state index contributed by atoms with van der Waals surface area (Å²) in [6.45, 7) is 0.676. The van der Waals surface area contributed by atoms with Crippen LogP contribution in [0.4, 0.5) is 21.0 Å². The molecule has 8 heteroatoms. The first-order valence-electron chi connectivity index (χ1n) is 8.42. The maximum atomic E-state index is 12.1. The van der Waals surface area contributed by atoms with Gasteiger partial charge < -0.3 is 24.8 Å². The van der Waals surface area contributed by atoms with E-state index < -0.39 is 6.09 Å². The molecule has 0 saturated heterocycles. The van der Waals surface area contributed by atoms with Crippen molar-refractivity contribution >= 4 is 23.5 Å². The Labute approximate surface area is 157 Å². The number of para-hydroxylation sites is 2. The molecule has 0 bridgehead atoms. The maximum Gasteiger partial charge on any atom is 0.413 e. The van der Waals surface area contributed by atoms with Gasteiger partial charge in [-0.2, -0.15) is 0 Å². The third-order valence-electron chi connectivity index (χ3n) is 4.02. The molecule has 8 nitrogen and oxygen atoms in total. The molecule has 0 fully saturated rings. The van der Waals surface area contributed by atoms with Crippen molar-refractivity contribution in [1.82, 2.24) is 5.32 Å². The van der Waals surface area contributed by atoms with Gasteiger partial charge in [-0.3, -0.25) is 4.90 Å². The number of urea groups is 1. The van der Waals surface area contributed by atoms with Crippen LogP contribution in [0.5, 0.6) is 11.5 Å². The fourth-order valence-electron chi connectivity index (χ4n) is 2.56. The van der Waals surface area contributed by atoms with Gasteiger partial charge in [-0.15, -0.1) is 0 Å². The highest BCUT2D eigenvalue weighted by Gasteiger charge is 2.21. The van der Waals surface area contributed by atoms with Gasteiger partial charge in [-0.1, -0.05) is 12.1 Å². The van der Waals surface area contributed by atoms with Gasteiger partial charge in [0.1, 0.15) is 6.61 Å². The van der Waals surface area contributed by atoms with Gasteiger partial charge in [0, 0.05) is 18.4 Å². The van der Waals surface area contributed by atoms with Gasteiger partial charge in [-0.25, -0.2) is 9.59 Å². The Balaban J connectivity index is 1.48. The Morgan fingerprint density at radius 1 is 1.15 bits per heavy atom. The first-order valence-corrected chi connectivity index (χ1v) is 8.42. The van der Waals surface area contributed by atoms with E-state index in [4.69, 9.17) is 9.47 Å². The molecular formula is C19H21N3O5. The van der Waals surface area contributed by atoms with E-state index in [-0.39, 0.29) is 12.1 Å². The zero-order valence-electron chi connectivity index (χ0n) is 15.1. The SMILES string of the molecule is COC(=O)N(C)c1ccc(NC(=O)NC[C@H]2COc3ccccc3O2)cc1. The van der Waals surface area contributed by atoms with Crippen molar-refractivity contribution in [2.24, 2.45) is 0 Å². The van der Waals surface area contributed by atoms with Crippen LogP contribution in [-0.2, 0) is 4.74 Å². The van der Waals surface area contributed by atoms with Crippen LogP contribution in [0.2, 0.25) is 0 Å². The number of nitrogens with one attached hydrogen (secondary N) is 2. The molecule has 0 radical (unpaired) electrons. The number of benzene rings is 2. The number of methoxy groups -OCH3 is 1. The third-order valence-corrected chi connectivity index (χ3v) is 4.02. The van der Waals surface area contributed by atoms with Gasteiger partial charge >= 0.3 is 12.1 Å². The Morgan fingerprint density at radius 2 is 1.85 bits per heavy atom. The average Bonchev–Trinajstić information content (AvgIpc) is 2.71. The lowest BCUT2D eigenvalue weighted by Gasteiger charge is -2.26. The molecule has 0 aromatic heterocycles. The topological polar surface area (TPSA) is 89.1 Å². The zero-order valence-corrected chi connectivity index (χ0v) is 15.1. The second-order valence-corrected chi connectivity index (χ2v) is 5.91. The average molecular weight is 371 g/mol. The van der Waals surface area contributed by atoms with Crippen LogP contribution in [0.3, 0.4) is 0 Å². The third kappa shape index (κ3) is 4.60. The number of carbonyl (C=O) groups excluding carboxylic acids is 2. The van der Waals surface area contributed by atoms with Crippen molar-refractivity contribution in [1.29, 1.82) is 0 Å². The summed E-state index contributed by atoms with van der Waals surface area (Å²) in [4.78, 5) is 24.9. The number of anilines is 2.